The van der Waals surface area contributed by atoms with E-state index in [1.165, 1.54) is 35.1 Å². The van der Waals surface area contributed by atoms with Gasteiger partial charge in [0.25, 0.3) is 0 Å². The van der Waals surface area contributed by atoms with Crippen LogP contribution in [0.15, 0.2) is 57.9 Å². The molecule has 0 radical (unpaired) electrons. The van der Waals surface area contributed by atoms with Gasteiger partial charge in [-0.05, 0) is 0 Å². The number of benzene rings is 2. The molecule has 2 aromatic rings. The maximum atomic E-state index is 4.64. The van der Waals surface area contributed by atoms with Crippen LogP contribution in [0.5, 0.6) is 0 Å². The van der Waals surface area contributed by atoms with Crippen molar-refractivity contribution < 1.29 is 22.4 Å². The van der Waals surface area contributed by atoms with Gasteiger partial charge in [0.05, 0.1) is 0 Å². The van der Waals surface area contributed by atoms with Gasteiger partial charge in [-0.2, -0.15) is 0 Å². The van der Waals surface area contributed by atoms with Crippen LogP contribution in [0, 0.1) is 0 Å². The third-order valence-electron chi connectivity index (χ3n) is 4.54. The van der Waals surface area contributed by atoms with Crippen LogP contribution >= 0.6 is 11.6 Å². The summed E-state index contributed by atoms with van der Waals surface area (Å²) in [5.41, 5.74) is 9.08. The Balaban J connectivity index is 0.000000815. The molecule has 0 aliphatic heterocycles. The molecule has 0 N–H and O–H groups in total. The fourth-order valence-corrected chi connectivity index (χ4v) is 12.6. The van der Waals surface area contributed by atoms with Crippen LogP contribution in [0.2, 0.25) is 13.1 Å². The molecule has 0 unspecified atom stereocenters. The molecule has 2 aliphatic carbocycles. The van der Waals surface area contributed by atoms with Gasteiger partial charge in [0.15, 0.2) is 0 Å². The minimum absolute atomic E-state index is 0.294. The zero-order valence-corrected chi connectivity index (χ0v) is 18.9. The Bertz CT molecular complexity index is 805. The zero-order valence-electron chi connectivity index (χ0n) is 14.6. The summed E-state index contributed by atoms with van der Waals surface area (Å²) in [6, 6.07) is 15.8. The van der Waals surface area contributed by atoms with Gasteiger partial charge in [-0.15, -0.1) is 11.6 Å². The van der Waals surface area contributed by atoms with Crippen LogP contribution in [0.3, 0.4) is 0 Å². The van der Waals surface area contributed by atoms with Crippen molar-refractivity contribution in [3.05, 3.63) is 74.6 Å². The summed E-state index contributed by atoms with van der Waals surface area (Å²) >= 11 is 4.34. The Labute approximate surface area is 162 Å². The van der Waals surface area contributed by atoms with E-state index in [-0.39, 0.29) is 22.4 Å². The van der Waals surface area contributed by atoms with Gasteiger partial charge < -0.3 is 0 Å². The van der Waals surface area contributed by atoms with Crippen LogP contribution in [0.4, 0.5) is 0 Å². The van der Waals surface area contributed by atoms with Crippen LogP contribution in [-0.2, 0) is 28.8 Å². The van der Waals surface area contributed by atoms with Crippen LogP contribution in [0.25, 0.3) is 16.7 Å². The fourth-order valence-electron chi connectivity index (χ4n) is 3.65. The second kappa shape index (κ2) is 8.13. The van der Waals surface area contributed by atoms with E-state index in [1.807, 2.05) is 3.28 Å². The molecular weight excluding hydrogens is 407 g/mol. The summed E-state index contributed by atoms with van der Waals surface area (Å²) in [6.07, 6.45) is 8.62. The topological polar surface area (TPSA) is 0 Å². The number of allylic oxidation sites excluding steroid dienone is 4. The number of fused-ring (bicyclic) bond motifs is 3. The summed E-state index contributed by atoms with van der Waals surface area (Å²) < 4.78 is 1.84. The molecule has 24 heavy (non-hydrogen) atoms. The van der Waals surface area contributed by atoms with Crippen molar-refractivity contribution in [3.63, 3.8) is 0 Å². The summed E-state index contributed by atoms with van der Waals surface area (Å²) in [4.78, 5) is 0. The molecule has 0 aromatic heterocycles. The number of hydrogen-bond donors (Lipinski definition) is 0. The molecule has 122 valence electrons. The summed E-state index contributed by atoms with van der Waals surface area (Å²) in [6.45, 7) is 5.06. The van der Waals surface area contributed by atoms with Crippen molar-refractivity contribution in [2.24, 2.45) is 0 Å². The van der Waals surface area contributed by atoms with E-state index >= 15 is 0 Å². The Morgan fingerprint density at radius 3 is 2.42 bits per heavy atom. The monoisotopic (exact) mass is 428 g/mol. The van der Waals surface area contributed by atoms with Crippen molar-refractivity contribution in [2.75, 3.05) is 6.38 Å². The number of alkyl halides is 1. The van der Waals surface area contributed by atoms with Crippen molar-refractivity contribution in [2.45, 2.75) is 25.9 Å². The zero-order chi connectivity index (χ0) is 17.1. The molecule has 0 saturated heterocycles. The number of rotatable bonds is 3. The normalized spacial score (nSPS) is 14.4. The molecule has 4 rings (SSSR count). The van der Waals surface area contributed by atoms with Crippen LogP contribution < -0.4 is 0 Å². The summed E-state index contributed by atoms with van der Waals surface area (Å²) in [5.74, 6) is -0.395. The van der Waals surface area contributed by atoms with E-state index in [4.69, 9.17) is 0 Å². The van der Waals surface area contributed by atoms with E-state index in [0.29, 0.717) is 0 Å². The van der Waals surface area contributed by atoms with E-state index < -0.39 is 5.92 Å². The van der Waals surface area contributed by atoms with Gasteiger partial charge >= 0.3 is 146 Å². The van der Waals surface area contributed by atoms with E-state index in [2.05, 4.69) is 79.3 Å². The predicted molar refractivity (Wildman–Crippen MR) is 106 cm³/mol. The Hall–Kier alpha value is -0.690. The molecule has 3 heteroatoms. The first-order valence-electron chi connectivity index (χ1n) is 8.48. The summed E-state index contributed by atoms with van der Waals surface area (Å²) in [7, 11) is 0. The molecule has 2 aliphatic rings. The fraction of sp³-hybridized carbons (Fsp3) is 0.238. The second-order valence-corrected chi connectivity index (χ2v) is 21.2. The second-order valence-electron chi connectivity index (χ2n) is 6.46. The van der Waals surface area contributed by atoms with E-state index in [9.17, 15) is 0 Å². The van der Waals surface area contributed by atoms with Crippen molar-refractivity contribution >= 4 is 23.1 Å². The standard InChI is InChI=1S/C18H13.C2H7Si.CH3Cl.Zr/c1-2-7-13(6-1)15-10-5-11-17-16-9-4-3-8-14(16)12-18(15)17;1-3-2;1-2;/h1,3-6,8-11H,2,12H2;3H,1-2H3;1H3;. The third kappa shape index (κ3) is 3.47. The molecule has 2 aromatic carbocycles. The maximum absolute atomic E-state index is 4.64. The van der Waals surface area contributed by atoms with E-state index in [1.54, 1.807) is 11.1 Å². The Morgan fingerprint density at radius 2 is 1.62 bits per heavy atom. The molecule has 0 amide bonds. The van der Waals surface area contributed by atoms with Crippen molar-refractivity contribution in [3.8, 4) is 11.1 Å². The molecule has 0 nitrogen and oxygen atoms in total. The van der Waals surface area contributed by atoms with Crippen LogP contribution in [-0.4, -0.2) is 12.3 Å². The average Bonchev–Trinajstić information content (AvgIpc) is 3.20. The predicted octanol–water partition coefficient (Wildman–Crippen LogP) is 5.85. The van der Waals surface area contributed by atoms with Gasteiger partial charge in [0, 0.05) is 6.38 Å². The Morgan fingerprint density at radius 1 is 0.917 bits per heavy atom. The molecule has 0 heterocycles. The molecular formula is C21H23ClSiZr. The first-order valence-corrected chi connectivity index (χ1v) is 17.6. The number of hydrogen-bond acceptors (Lipinski definition) is 0. The first-order chi connectivity index (χ1) is 11.7. The Kier molecular flexibility index (Phi) is 6.13. The first kappa shape index (κ1) is 18.1. The van der Waals surface area contributed by atoms with Gasteiger partial charge in [0.1, 0.15) is 0 Å². The molecule has 0 bridgehead atoms. The third-order valence-corrected chi connectivity index (χ3v) is 13.5. The number of halogens is 1. The minimum atomic E-state index is -0.395. The van der Waals surface area contributed by atoms with Gasteiger partial charge in [0.2, 0.25) is 0 Å². The van der Waals surface area contributed by atoms with Gasteiger partial charge in [-0.25, -0.2) is 0 Å². The quantitative estimate of drug-likeness (QED) is 0.361. The van der Waals surface area contributed by atoms with Crippen molar-refractivity contribution in [1.29, 1.82) is 0 Å². The molecule has 0 atom stereocenters. The van der Waals surface area contributed by atoms with E-state index in [0.717, 1.165) is 6.42 Å². The molecule has 0 saturated carbocycles. The molecule has 0 fully saturated rings. The molecule has 0 spiro atoms. The average molecular weight is 430 g/mol. The van der Waals surface area contributed by atoms with Crippen molar-refractivity contribution in [1.82, 2.24) is 0 Å². The van der Waals surface area contributed by atoms with Crippen LogP contribution in [0.1, 0.15) is 23.1 Å². The SMILES string of the molecule is CCl.C[SiH](C)[Zr][C]1=C(c2cccc3c2Cc2ccccc2-3)C=CC1. The van der Waals surface area contributed by atoms with Gasteiger partial charge in [-0.3, -0.25) is 0 Å². The summed E-state index contributed by atoms with van der Waals surface area (Å²) in [5, 5.41) is 0. The van der Waals surface area contributed by atoms with Gasteiger partial charge in [-0.1, -0.05) is 0 Å².